The van der Waals surface area contributed by atoms with Crippen LogP contribution in [-0.2, 0) is 11.3 Å². The lowest BCUT2D eigenvalue weighted by atomic mass is 9.79. The van der Waals surface area contributed by atoms with E-state index in [0.717, 1.165) is 37.7 Å². The van der Waals surface area contributed by atoms with Crippen LogP contribution in [0.3, 0.4) is 0 Å². The molecule has 1 aromatic carbocycles. The number of nitrogens with one attached hydrogen (secondary N) is 2. The van der Waals surface area contributed by atoms with Gasteiger partial charge in [0.05, 0.1) is 12.0 Å². The summed E-state index contributed by atoms with van der Waals surface area (Å²) in [6, 6.07) is 9.35. The molecule has 0 bridgehead atoms. The van der Waals surface area contributed by atoms with Gasteiger partial charge in [-0.3, -0.25) is 4.79 Å². The molecule has 1 aromatic rings. The molecule has 0 heterocycles. The molecule has 0 atom stereocenters. The minimum Gasteiger partial charge on any atom is -0.481 e. The first-order chi connectivity index (χ1) is 10.1. The van der Waals surface area contributed by atoms with Crippen LogP contribution >= 0.6 is 0 Å². The molecule has 114 valence electrons. The van der Waals surface area contributed by atoms with E-state index in [0.29, 0.717) is 6.54 Å². The van der Waals surface area contributed by atoms with Crippen molar-refractivity contribution in [2.24, 2.45) is 0 Å². The summed E-state index contributed by atoms with van der Waals surface area (Å²) in [4.78, 5) is 23.1. The molecule has 2 amide bonds. The van der Waals surface area contributed by atoms with Crippen LogP contribution in [-0.4, -0.2) is 22.6 Å². The summed E-state index contributed by atoms with van der Waals surface area (Å²) in [6.45, 7) is 0.440. The van der Waals surface area contributed by atoms with E-state index in [9.17, 15) is 9.59 Å². The SMILES string of the molecule is O=C(O)CC1(NC(=O)NCc2ccccc2)CCCCC1. The average Bonchev–Trinajstić information content (AvgIpc) is 2.46. The first-order valence-electron chi connectivity index (χ1n) is 7.41. The maximum atomic E-state index is 12.1. The zero-order valence-corrected chi connectivity index (χ0v) is 12.1. The summed E-state index contributed by atoms with van der Waals surface area (Å²) < 4.78 is 0. The zero-order chi connectivity index (χ0) is 15.1. The van der Waals surface area contributed by atoms with E-state index in [1.807, 2.05) is 30.3 Å². The molecule has 1 saturated carbocycles. The van der Waals surface area contributed by atoms with Crippen molar-refractivity contribution in [3.05, 3.63) is 35.9 Å². The molecule has 0 aliphatic heterocycles. The van der Waals surface area contributed by atoms with E-state index in [1.165, 1.54) is 0 Å². The van der Waals surface area contributed by atoms with Gasteiger partial charge in [0.1, 0.15) is 0 Å². The molecule has 0 aromatic heterocycles. The number of amides is 2. The van der Waals surface area contributed by atoms with Crippen molar-refractivity contribution < 1.29 is 14.7 Å². The van der Waals surface area contributed by atoms with Crippen molar-refractivity contribution in [2.45, 2.75) is 50.6 Å². The third-order valence-electron chi connectivity index (χ3n) is 3.97. The zero-order valence-electron chi connectivity index (χ0n) is 12.1. The Bertz CT molecular complexity index is 482. The van der Waals surface area contributed by atoms with Crippen molar-refractivity contribution in [2.75, 3.05) is 0 Å². The maximum absolute atomic E-state index is 12.1. The number of carboxylic acid groups (broad SMARTS) is 1. The number of carboxylic acids is 1. The molecule has 1 fully saturated rings. The van der Waals surface area contributed by atoms with Crippen LogP contribution in [0, 0.1) is 0 Å². The van der Waals surface area contributed by atoms with Crippen molar-refractivity contribution >= 4 is 12.0 Å². The van der Waals surface area contributed by atoms with Gasteiger partial charge in [-0.2, -0.15) is 0 Å². The molecule has 0 spiro atoms. The Labute approximate surface area is 124 Å². The first-order valence-corrected chi connectivity index (χ1v) is 7.41. The molecular weight excluding hydrogens is 268 g/mol. The molecule has 5 nitrogen and oxygen atoms in total. The minimum atomic E-state index is -0.861. The summed E-state index contributed by atoms with van der Waals surface area (Å²) in [5, 5.41) is 14.8. The molecule has 5 heteroatoms. The van der Waals surface area contributed by atoms with Crippen LogP contribution in [0.15, 0.2) is 30.3 Å². The van der Waals surface area contributed by atoms with Crippen LogP contribution in [0.2, 0.25) is 0 Å². The molecule has 0 unspecified atom stereocenters. The summed E-state index contributed by atoms with van der Waals surface area (Å²) >= 11 is 0. The third kappa shape index (κ3) is 4.77. The Morgan fingerprint density at radius 1 is 1.10 bits per heavy atom. The fraction of sp³-hybridized carbons (Fsp3) is 0.500. The van der Waals surface area contributed by atoms with Gasteiger partial charge in [0, 0.05) is 6.54 Å². The van der Waals surface area contributed by atoms with E-state index in [2.05, 4.69) is 10.6 Å². The number of hydrogen-bond acceptors (Lipinski definition) is 2. The van der Waals surface area contributed by atoms with E-state index in [1.54, 1.807) is 0 Å². The lowest BCUT2D eigenvalue weighted by molar-refractivity contribution is -0.139. The molecule has 3 N–H and O–H groups in total. The van der Waals surface area contributed by atoms with Gasteiger partial charge in [-0.25, -0.2) is 4.79 Å². The Hall–Kier alpha value is -2.04. The monoisotopic (exact) mass is 290 g/mol. The topological polar surface area (TPSA) is 78.4 Å². The van der Waals surface area contributed by atoms with Gasteiger partial charge in [-0.1, -0.05) is 49.6 Å². The standard InChI is InChI=1S/C16H22N2O3/c19-14(20)11-16(9-5-2-6-10-16)18-15(21)17-12-13-7-3-1-4-8-13/h1,3-4,7-8H,2,5-6,9-12H2,(H,19,20)(H2,17,18,21). The molecule has 1 aliphatic rings. The van der Waals surface area contributed by atoms with Gasteiger partial charge >= 0.3 is 12.0 Å². The molecular formula is C16H22N2O3. The summed E-state index contributed by atoms with van der Waals surface area (Å²) in [6.07, 6.45) is 4.50. The highest BCUT2D eigenvalue weighted by molar-refractivity contribution is 5.76. The van der Waals surface area contributed by atoms with Crippen molar-refractivity contribution in [3.8, 4) is 0 Å². The number of urea groups is 1. The molecule has 0 saturated heterocycles. The van der Waals surface area contributed by atoms with E-state index in [-0.39, 0.29) is 12.5 Å². The second-order valence-electron chi connectivity index (χ2n) is 5.70. The number of carbonyl (C=O) groups is 2. The second kappa shape index (κ2) is 7.11. The molecule has 1 aliphatic carbocycles. The van der Waals surface area contributed by atoms with Crippen LogP contribution in [0.5, 0.6) is 0 Å². The van der Waals surface area contributed by atoms with Crippen molar-refractivity contribution in [1.82, 2.24) is 10.6 Å². The van der Waals surface area contributed by atoms with Gasteiger partial charge < -0.3 is 15.7 Å². The van der Waals surface area contributed by atoms with Crippen molar-refractivity contribution in [1.29, 1.82) is 0 Å². The molecule has 21 heavy (non-hydrogen) atoms. The van der Waals surface area contributed by atoms with E-state index in [4.69, 9.17) is 5.11 Å². The Morgan fingerprint density at radius 2 is 1.76 bits per heavy atom. The smallest absolute Gasteiger partial charge is 0.315 e. The first kappa shape index (κ1) is 15.4. The minimum absolute atomic E-state index is 0.00818. The quantitative estimate of drug-likeness (QED) is 0.780. The van der Waals surface area contributed by atoms with E-state index >= 15 is 0 Å². The molecule has 0 radical (unpaired) electrons. The largest absolute Gasteiger partial charge is 0.481 e. The summed E-state index contributed by atoms with van der Waals surface area (Å²) in [7, 11) is 0. The number of carbonyl (C=O) groups excluding carboxylic acids is 1. The molecule has 2 rings (SSSR count). The third-order valence-corrected chi connectivity index (χ3v) is 3.97. The Balaban J connectivity index is 1.90. The van der Waals surface area contributed by atoms with Gasteiger partial charge in [0.25, 0.3) is 0 Å². The number of benzene rings is 1. The highest BCUT2D eigenvalue weighted by Crippen LogP contribution is 2.31. The van der Waals surface area contributed by atoms with Gasteiger partial charge in [-0.15, -0.1) is 0 Å². The highest BCUT2D eigenvalue weighted by atomic mass is 16.4. The predicted molar refractivity (Wildman–Crippen MR) is 79.9 cm³/mol. The van der Waals surface area contributed by atoms with Crippen LogP contribution < -0.4 is 10.6 Å². The number of rotatable bonds is 5. The number of hydrogen-bond donors (Lipinski definition) is 3. The van der Waals surface area contributed by atoms with Crippen molar-refractivity contribution in [3.63, 3.8) is 0 Å². The number of aliphatic carboxylic acids is 1. The van der Waals surface area contributed by atoms with E-state index < -0.39 is 11.5 Å². The fourth-order valence-corrected chi connectivity index (χ4v) is 2.93. The lowest BCUT2D eigenvalue weighted by Crippen LogP contribution is -2.54. The van der Waals surface area contributed by atoms with Gasteiger partial charge in [0.2, 0.25) is 0 Å². The van der Waals surface area contributed by atoms with Gasteiger partial charge in [0.15, 0.2) is 0 Å². The predicted octanol–water partition coefficient (Wildman–Crippen LogP) is 2.66. The average molecular weight is 290 g/mol. The van der Waals surface area contributed by atoms with Crippen LogP contribution in [0.1, 0.15) is 44.1 Å². The fourth-order valence-electron chi connectivity index (χ4n) is 2.93. The van der Waals surface area contributed by atoms with Crippen LogP contribution in [0.25, 0.3) is 0 Å². The normalized spacial score (nSPS) is 17.0. The maximum Gasteiger partial charge on any atom is 0.315 e. The lowest BCUT2D eigenvalue weighted by Gasteiger charge is -2.36. The van der Waals surface area contributed by atoms with Crippen LogP contribution in [0.4, 0.5) is 4.79 Å². The Kier molecular flexibility index (Phi) is 5.20. The summed E-state index contributed by atoms with van der Waals surface area (Å²) in [5.41, 5.74) is 0.425. The van der Waals surface area contributed by atoms with Gasteiger partial charge in [-0.05, 0) is 18.4 Å². The Morgan fingerprint density at radius 3 is 2.38 bits per heavy atom. The second-order valence-corrected chi connectivity index (χ2v) is 5.70. The highest BCUT2D eigenvalue weighted by Gasteiger charge is 2.35. The summed E-state index contributed by atoms with van der Waals surface area (Å²) in [5.74, 6) is -0.861.